The van der Waals surface area contributed by atoms with Gasteiger partial charge in [-0.15, -0.1) is 0 Å². The minimum Gasteiger partial charge on any atom is -0.496 e. The summed E-state index contributed by atoms with van der Waals surface area (Å²) in [6, 6.07) is 16.1. The number of hydrogen-bond acceptors (Lipinski definition) is 4. The summed E-state index contributed by atoms with van der Waals surface area (Å²) >= 11 is 0. The average Bonchev–Trinajstić information content (AvgIpc) is 3.00. The van der Waals surface area contributed by atoms with E-state index < -0.39 is 0 Å². The lowest BCUT2D eigenvalue weighted by Crippen LogP contribution is -2.45. The van der Waals surface area contributed by atoms with Gasteiger partial charge in [0.1, 0.15) is 17.1 Å². The van der Waals surface area contributed by atoms with Crippen molar-refractivity contribution in [2.24, 2.45) is 0 Å². The van der Waals surface area contributed by atoms with Gasteiger partial charge in [-0.1, -0.05) is 36.4 Å². The van der Waals surface area contributed by atoms with Gasteiger partial charge in [0.15, 0.2) is 0 Å². The van der Waals surface area contributed by atoms with Crippen molar-refractivity contribution in [3.05, 3.63) is 59.7 Å². The summed E-state index contributed by atoms with van der Waals surface area (Å²) in [7, 11) is 3.80. The zero-order valence-corrected chi connectivity index (χ0v) is 17.4. The monoisotopic (exact) mass is 394 g/mol. The van der Waals surface area contributed by atoms with Crippen LogP contribution in [0.25, 0.3) is 0 Å². The number of amides is 1. The fraction of sp³-hybridized carbons (Fsp3) is 0.458. The molecule has 2 heterocycles. The number of para-hydroxylation sites is 2. The normalized spacial score (nSPS) is 22.3. The van der Waals surface area contributed by atoms with Gasteiger partial charge in [-0.2, -0.15) is 0 Å². The molecule has 1 spiro atoms. The Bertz CT molecular complexity index is 869. The van der Waals surface area contributed by atoms with Crippen molar-refractivity contribution in [2.45, 2.75) is 37.8 Å². The van der Waals surface area contributed by atoms with Crippen molar-refractivity contribution in [1.29, 1.82) is 0 Å². The van der Waals surface area contributed by atoms with Gasteiger partial charge < -0.3 is 14.4 Å². The maximum absolute atomic E-state index is 13.0. The molecule has 4 rings (SSSR count). The van der Waals surface area contributed by atoms with E-state index in [0.717, 1.165) is 62.5 Å². The molecular weight excluding hydrogens is 364 g/mol. The van der Waals surface area contributed by atoms with Crippen LogP contribution in [0.5, 0.6) is 11.5 Å². The third-order valence-corrected chi connectivity index (χ3v) is 6.08. The SMILES string of the molecule is COc1ccccc1CC(=O)N1CCCC2(CC1)CN(C)Cc1ccccc1O2. The molecule has 154 valence electrons. The Morgan fingerprint density at radius 1 is 1.10 bits per heavy atom. The highest BCUT2D eigenvalue weighted by Gasteiger charge is 2.39. The van der Waals surface area contributed by atoms with Crippen molar-refractivity contribution in [3.8, 4) is 11.5 Å². The summed E-state index contributed by atoms with van der Waals surface area (Å²) in [4.78, 5) is 17.4. The molecular formula is C24H30N2O3. The second-order valence-corrected chi connectivity index (χ2v) is 8.29. The van der Waals surface area contributed by atoms with Crippen LogP contribution in [0.2, 0.25) is 0 Å². The van der Waals surface area contributed by atoms with E-state index in [1.54, 1.807) is 7.11 Å². The summed E-state index contributed by atoms with van der Waals surface area (Å²) in [6.07, 6.45) is 3.14. The number of hydrogen-bond donors (Lipinski definition) is 0. The molecule has 1 unspecified atom stereocenters. The highest BCUT2D eigenvalue weighted by Crippen LogP contribution is 2.35. The Kier molecular flexibility index (Phi) is 5.76. The maximum Gasteiger partial charge on any atom is 0.227 e. The first-order valence-electron chi connectivity index (χ1n) is 10.4. The van der Waals surface area contributed by atoms with Crippen molar-refractivity contribution in [3.63, 3.8) is 0 Å². The highest BCUT2D eigenvalue weighted by atomic mass is 16.5. The molecule has 1 amide bonds. The molecule has 2 aromatic rings. The molecule has 1 atom stereocenters. The van der Waals surface area contributed by atoms with E-state index in [4.69, 9.17) is 9.47 Å². The van der Waals surface area contributed by atoms with E-state index in [-0.39, 0.29) is 11.5 Å². The molecule has 2 aliphatic rings. The molecule has 0 saturated carbocycles. The molecule has 0 aromatic heterocycles. The fourth-order valence-electron chi connectivity index (χ4n) is 4.64. The van der Waals surface area contributed by atoms with Crippen LogP contribution < -0.4 is 9.47 Å². The van der Waals surface area contributed by atoms with Crippen LogP contribution in [0.4, 0.5) is 0 Å². The molecule has 0 aliphatic carbocycles. The lowest BCUT2D eigenvalue weighted by Gasteiger charge is -2.34. The van der Waals surface area contributed by atoms with E-state index >= 15 is 0 Å². The summed E-state index contributed by atoms with van der Waals surface area (Å²) in [5.74, 6) is 1.93. The maximum atomic E-state index is 13.0. The topological polar surface area (TPSA) is 42.0 Å². The van der Waals surface area contributed by atoms with Crippen LogP contribution >= 0.6 is 0 Å². The molecule has 0 radical (unpaired) electrons. The molecule has 0 bridgehead atoms. The smallest absolute Gasteiger partial charge is 0.227 e. The van der Waals surface area contributed by atoms with E-state index in [2.05, 4.69) is 30.1 Å². The van der Waals surface area contributed by atoms with Gasteiger partial charge in [0, 0.05) is 43.7 Å². The van der Waals surface area contributed by atoms with Gasteiger partial charge in [0.25, 0.3) is 0 Å². The largest absolute Gasteiger partial charge is 0.496 e. The third kappa shape index (κ3) is 4.40. The van der Waals surface area contributed by atoms with E-state index in [0.29, 0.717) is 6.42 Å². The van der Waals surface area contributed by atoms with Gasteiger partial charge in [-0.25, -0.2) is 0 Å². The number of rotatable bonds is 3. The van der Waals surface area contributed by atoms with Crippen molar-refractivity contribution >= 4 is 5.91 Å². The van der Waals surface area contributed by atoms with Gasteiger partial charge in [0.05, 0.1) is 13.5 Å². The zero-order chi connectivity index (χ0) is 20.3. The summed E-state index contributed by atoms with van der Waals surface area (Å²) < 4.78 is 12.0. The van der Waals surface area contributed by atoms with Crippen LogP contribution in [-0.4, -0.2) is 55.1 Å². The Morgan fingerprint density at radius 3 is 2.76 bits per heavy atom. The first kappa shape index (κ1) is 19.8. The number of fused-ring (bicyclic) bond motifs is 1. The Labute approximate surface area is 173 Å². The first-order chi connectivity index (χ1) is 14.1. The van der Waals surface area contributed by atoms with Gasteiger partial charge >= 0.3 is 0 Å². The summed E-state index contributed by atoms with van der Waals surface area (Å²) in [5, 5.41) is 0. The van der Waals surface area contributed by atoms with Crippen LogP contribution in [0.3, 0.4) is 0 Å². The van der Waals surface area contributed by atoms with Crippen LogP contribution in [-0.2, 0) is 17.8 Å². The molecule has 1 fully saturated rings. The molecule has 0 N–H and O–H groups in total. The number of likely N-dealkylation sites (tertiary alicyclic amines) is 1. The van der Waals surface area contributed by atoms with Crippen molar-refractivity contribution in [2.75, 3.05) is 33.8 Å². The van der Waals surface area contributed by atoms with E-state index in [1.807, 2.05) is 35.2 Å². The van der Waals surface area contributed by atoms with E-state index in [1.165, 1.54) is 5.56 Å². The fourth-order valence-corrected chi connectivity index (χ4v) is 4.64. The number of carbonyl (C=O) groups is 1. The number of carbonyl (C=O) groups excluding carboxylic acids is 1. The number of nitrogens with zero attached hydrogens (tertiary/aromatic N) is 2. The van der Waals surface area contributed by atoms with E-state index in [9.17, 15) is 4.79 Å². The zero-order valence-electron chi connectivity index (χ0n) is 17.4. The predicted octanol–water partition coefficient (Wildman–Crippen LogP) is 3.51. The molecule has 2 aliphatic heterocycles. The van der Waals surface area contributed by atoms with Crippen LogP contribution in [0, 0.1) is 0 Å². The number of likely N-dealkylation sites (N-methyl/N-ethyl adjacent to an activating group) is 1. The Hall–Kier alpha value is -2.53. The molecule has 1 saturated heterocycles. The predicted molar refractivity (Wildman–Crippen MR) is 113 cm³/mol. The number of ether oxygens (including phenoxy) is 2. The first-order valence-corrected chi connectivity index (χ1v) is 10.4. The van der Waals surface area contributed by atoms with Gasteiger partial charge in [-0.3, -0.25) is 9.69 Å². The second-order valence-electron chi connectivity index (χ2n) is 8.29. The summed E-state index contributed by atoms with van der Waals surface area (Å²) in [6.45, 7) is 3.29. The average molecular weight is 395 g/mol. The molecule has 5 heteroatoms. The van der Waals surface area contributed by atoms with Crippen LogP contribution in [0.15, 0.2) is 48.5 Å². The minimum atomic E-state index is -0.235. The minimum absolute atomic E-state index is 0.161. The van der Waals surface area contributed by atoms with Crippen molar-refractivity contribution < 1.29 is 14.3 Å². The van der Waals surface area contributed by atoms with Crippen molar-refractivity contribution in [1.82, 2.24) is 9.80 Å². The molecule has 5 nitrogen and oxygen atoms in total. The Morgan fingerprint density at radius 2 is 1.90 bits per heavy atom. The quantitative estimate of drug-likeness (QED) is 0.799. The second kappa shape index (κ2) is 8.46. The highest BCUT2D eigenvalue weighted by molar-refractivity contribution is 5.79. The standard InChI is InChI=1S/C24H30N2O3/c1-25-17-20-9-4-6-11-22(20)29-24(18-25)12-7-14-26(15-13-24)23(27)16-19-8-3-5-10-21(19)28-2/h3-6,8-11H,7,12-18H2,1-2H3. The third-order valence-electron chi connectivity index (χ3n) is 6.08. The Balaban J connectivity index is 1.47. The molecule has 2 aromatic carbocycles. The number of benzene rings is 2. The van der Waals surface area contributed by atoms with Crippen LogP contribution in [0.1, 0.15) is 30.4 Å². The van der Waals surface area contributed by atoms with Gasteiger partial charge in [-0.05, 0) is 32.0 Å². The lowest BCUT2D eigenvalue weighted by atomic mass is 9.94. The lowest BCUT2D eigenvalue weighted by molar-refractivity contribution is -0.130. The van der Waals surface area contributed by atoms with Gasteiger partial charge in [0.2, 0.25) is 5.91 Å². The molecule has 29 heavy (non-hydrogen) atoms. The summed E-state index contributed by atoms with van der Waals surface area (Å²) in [5.41, 5.74) is 1.94. The number of methoxy groups -OCH3 is 1.